The maximum absolute atomic E-state index is 12.0. The lowest BCUT2D eigenvalue weighted by Gasteiger charge is -2.09. The van der Waals surface area contributed by atoms with Crippen molar-refractivity contribution in [1.82, 2.24) is 10.6 Å². The number of rotatable bonds is 5. The van der Waals surface area contributed by atoms with Gasteiger partial charge >= 0.3 is 0 Å². The molecule has 22 heavy (non-hydrogen) atoms. The second kappa shape index (κ2) is 7.93. The Morgan fingerprint density at radius 3 is 2.41 bits per heavy atom. The van der Waals surface area contributed by atoms with Crippen LogP contribution in [0.3, 0.4) is 0 Å². The summed E-state index contributed by atoms with van der Waals surface area (Å²) >= 11 is 2.10. The molecule has 0 aliphatic heterocycles. The SMILES string of the molecule is Cc1ccccc1CNC(=O)CNC(=O)c1ccccc1I. The van der Waals surface area contributed by atoms with E-state index in [1.165, 1.54) is 0 Å². The van der Waals surface area contributed by atoms with Crippen LogP contribution in [0.15, 0.2) is 48.5 Å². The van der Waals surface area contributed by atoms with E-state index in [4.69, 9.17) is 0 Å². The van der Waals surface area contributed by atoms with Gasteiger partial charge in [-0.1, -0.05) is 36.4 Å². The number of carbonyl (C=O) groups excluding carboxylic acids is 2. The Hall–Kier alpha value is -1.89. The molecule has 0 bridgehead atoms. The van der Waals surface area contributed by atoms with E-state index >= 15 is 0 Å². The largest absolute Gasteiger partial charge is 0.350 e. The Balaban J connectivity index is 1.82. The number of benzene rings is 2. The van der Waals surface area contributed by atoms with E-state index in [9.17, 15) is 9.59 Å². The fourth-order valence-corrected chi connectivity index (χ4v) is 2.60. The third-order valence-corrected chi connectivity index (χ3v) is 4.21. The number of halogens is 1. The topological polar surface area (TPSA) is 58.2 Å². The van der Waals surface area contributed by atoms with Crippen LogP contribution < -0.4 is 10.6 Å². The summed E-state index contributed by atoms with van der Waals surface area (Å²) < 4.78 is 0.859. The molecule has 0 heterocycles. The minimum Gasteiger partial charge on any atom is -0.350 e. The molecule has 0 radical (unpaired) electrons. The lowest BCUT2D eigenvalue weighted by atomic mass is 10.1. The van der Waals surface area contributed by atoms with Crippen LogP contribution >= 0.6 is 22.6 Å². The lowest BCUT2D eigenvalue weighted by Crippen LogP contribution is -2.36. The van der Waals surface area contributed by atoms with Gasteiger partial charge in [0, 0.05) is 10.1 Å². The third-order valence-electron chi connectivity index (χ3n) is 3.27. The Labute approximate surface area is 143 Å². The van der Waals surface area contributed by atoms with Crippen molar-refractivity contribution in [2.75, 3.05) is 6.54 Å². The van der Waals surface area contributed by atoms with Crippen LogP contribution in [0.2, 0.25) is 0 Å². The predicted molar refractivity (Wildman–Crippen MR) is 94.5 cm³/mol. The standard InChI is InChI=1S/C17H17IN2O2/c1-12-6-2-3-7-13(12)10-19-16(21)11-20-17(22)14-8-4-5-9-15(14)18/h2-9H,10-11H2,1H3,(H,19,21)(H,20,22). The molecule has 0 aromatic heterocycles. The van der Waals surface area contributed by atoms with Crippen molar-refractivity contribution in [2.24, 2.45) is 0 Å². The molecule has 2 aromatic carbocycles. The van der Waals surface area contributed by atoms with Gasteiger partial charge in [0.1, 0.15) is 0 Å². The fourth-order valence-electron chi connectivity index (χ4n) is 1.97. The second-order valence-electron chi connectivity index (χ2n) is 4.87. The van der Waals surface area contributed by atoms with E-state index in [0.717, 1.165) is 14.7 Å². The van der Waals surface area contributed by atoms with Crippen LogP contribution in [0.4, 0.5) is 0 Å². The minimum absolute atomic E-state index is 0.0321. The molecule has 0 aliphatic carbocycles. The summed E-state index contributed by atoms with van der Waals surface area (Å²) in [6.07, 6.45) is 0. The normalized spacial score (nSPS) is 10.1. The molecule has 0 saturated carbocycles. The molecule has 0 spiro atoms. The molecule has 4 nitrogen and oxygen atoms in total. The lowest BCUT2D eigenvalue weighted by molar-refractivity contribution is -0.120. The van der Waals surface area contributed by atoms with Gasteiger partial charge in [-0.3, -0.25) is 9.59 Å². The maximum Gasteiger partial charge on any atom is 0.252 e. The molecular formula is C17H17IN2O2. The first-order valence-electron chi connectivity index (χ1n) is 6.92. The summed E-state index contributed by atoms with van der Waals surface area (Å²) in [6, 6.07) is 15.1. The van der Waals surface area contributed by atoms with E-state index in [-0.39, 0.29) is 18.4 Å². The van der Waals surface area contributed by atoms with Gasteiger partial charge in [-0.05, 0) is 52.8 Å². The van der Waals surface area contributed by atoms with E-state index in [1.807, 2.05) is 43.3 Å². The molecule has 114 valence electrons. The predicted octanol–water partition coefficient (Wildman–Crippen LogP) is 2.65. The first kappa shape index (κ1) is 16.5. The smallest absolute Gasteiger partial charge is 0.252 e. The Bertz CT molecular complexity index is 686. The third kappa shape index (κ3) is 4.56. The van der Waals surface area contributed by atoms with Gasteiger partial charge in [0.2, 0.25) is 5.91 Å². The number of hydrogen-bond donors (Lipinski definition) is 2. The maximum atomic E-state index is 12.0. The average Bonchev–Trinajstić information content (AvgIpc) is 2.52. The zero-order chi connectivity index (χ0) is 15.9. The summed E-state index contributed by atoms with van der Waals surface area (Å²) in [4.78, 5) is 23.8. The number of hydrogen-bond acceptors (Lipinski definition) is 2. The van der Waals surface area contributed by atoms with Crippen molar-refractivity contribution in [3.05, 3.63) is 68.8 Å². The van der Waals surface area contributed by atoms with Crippen molar-refractivity contribution >= 4 is 34.4 Å². The molecule has 0 saturated heterocycles. The highest BCUT2D eigenvalue weighted by Crippen LogP contribution is 2.10. The molecule has 0 atom stereocenters. The number of amides is 2. The summed E-state index contributed by atoms with van der Waals surface area (Å²) in [5, 5.41) is 5.44. The second-order valence-corrected chi connectivity index (χ2v) is 6.03. The summed E-state index contributed by atoms with van der Waals surface area (Å²) in [5.74, 6) is -0.446. The zero-order valence-electron chi connectivity index (χ0n) is 12.2. The first-order valence-corrected chi connectivity index (χ1v) is 7.99. The van der Waals surface area contributed by atoms with Crippen LogP contribution in [0, 0.1) is 10.5 Å². The van der Waals surface area contributed by atoms with Gasteiger partial charge in [0.05, 0.1) is 12.1 Å². The van der Waals surface area contributed by atoms with Gasteiger partial charge in [-0.15, -0.1) is 0 Å². The van der Waals surface area contributed by atoms with Crippen molar-refractivity contribution in [3.8, 4) is 0 Å². The Morgan fingerprint density at radius 2 is 1.68 bits per heavy atom. The molecule has 0 unspecified atom stereocenters. The molecule has 0 fully saturated rings. The highest BCUT2D eigenvalue weighted by atomic mass is 127. The highest BCUT2D eigenvalue weighted by molar-refractivity contribution is 14.1. The van der Waals surface area contributed by atoms with Crippen LogP contribution in [0.5, 0.6) is 0 Å². The van der Waals surface area contributed by atoms with Crippen LogP contribution in [0.25, 0.3) is 0 Å². The van der Waals surface area contributed by atoms with Crippen molar-refractivity contribution in [3.63, 3.8) is 0 Å². The van der Waals surface area contributed by atoms with E-state index < -0.39 is 0 Å². The van der Waals surface area contributed by atoms with Gasteiger partial charge < -0.3 is 10.6 Å². The Morgan fingerprint density at radius 1 is 1.00 bits per heavy atom. The molecule has 2 amide bonds. The number of carbonyl (C=O) groups is 2. The quantitative estimate of drug-likeness (QED) is 0.748. The van der Waals surface area contributed by atoms with Crippen LogP contribution in [-0.4, -0.2) is 18.4 Å². The van der Waals surface area contributed by atoms with E-state index in [1.54, 1.807) is 12.1 Å². The van der Waals surface area contributed by atoms with Crippen molar-refractivity contribution in [1.29, 1.82) is 0 Å². The average molecular weight is 408 g/mol. The van der Waals surface area contributed by atoms with Gasteiger partial charge in [0.25, 0.3) is 5.91 Å². The van der Waals surface area contributed by atoms with Gasteiger partial charge in [0.15, 0.2) is 0 Å². The minimum atomic E-state index is -0.240. The highest BCUT2D eigenvalue weighted by Gasteiger charge is 2.10. The number of aryl methyl sites for hydroxylation is 1. The monoisotopic (exact) mass is 408 g/mol. The molecular weight excluding hydrogens is 391 g/mol. The van der Waals surface area contributed by atoms with Crippen LogP contribution in [0.1, 0.15) is 21.5 Å². The first-order chi connectivity index (χ1) is 10.6. The summed E-state index contributed by atoms with van der Waals surface area (Å²) in [5.41, 5.74) is 2.78. The number of nitrogens with one attached hydrogen (secondary N) is 2. The van der Waals surface area contributed by atoms with Gasteiger partial charge in [-0.25, -0.2) is 0 Å². The summed E-state index contributed by atoms with van der Waals surface area (Å²) in [6.45, 7) is 2.43. The molecule has 2 rings (SSSR count). The van der Waals surface area contributed by atoms with E-state index in [0.29, 0.717) is 12.1 Å². The molecule has 0 aliphatic rings. The Kier molecular flexibility index (Phi) is 5.94. The summed E-state index contributed by atoms with van der Waals surface area (Å²) in [7, 11) is 0. The van der Waals surface area contributed by atoms with Crippen LogP contribution in [-0.2, 0) is 11.3 Å². The zero-order valence-corrected chi connectivity index (χ0v) is 14.4. The van der Waals surface area contributed by atoms with Crippen molar-refractivity contribution in [2.45, 2.75) is 13.5 Å². The molecule has 2 aromatic rings. The van der Waals surface area contributed by atoms with Crippen molar-refractivity contribution < 1.29 is 9.59 Å². The van der Waals surface area contributed by atoms with E-state index in [2.05, 4.69) is 33.2 Å². The van der Waals surface area contributed by atoms with Gasteiger partial charge in [-0.2, -0.15) is 0 Å². The molecule has 5 heteroatoms. The fraction of sp³-hybridized carbons (Fsp3) is 0.176. The molecule has 2 N–H and O–H groups in total.